The van der Waals surface area contributed by atoms with Crippen molar-refractivity contribution in [1.82, 2.24) is 5.32 Å². The number of hydrogen-bond donors (Lipinski definition) is 1. The third-order valence-corrected chi connectivity index (χ3v) is 4.55. The van der Waals surface area contributed by atoms with Gasteiger partial charge >= 0.3 is 0 Å². The first-order valence-corrected chi connectivity index (χ1v) is 8.19. The minimum absolute atomic E-state index is 0.384. The lowest BCUT2D eigenvalue weighted by Gasteiger charge is -2.37. The van der Waals surface area contributed by atoms with E-state index in [4.69, 9.17) is 0 Å². The van der Waals surface area contributed by atoms with Crippen molar-refractivity contribution in [3.63, 3.8) is 0 Å². The van der Waals surface area contributed by atoms with Gasteiger partial charge in [-0.15, -0.1) is 0 Å². The van der Waals surface area contributed by atoms with Gasteiger partial charge in [-0.1, -0.05) is 6.92 Å². The van der Waals surface area contributed by atoms with Gasteiger partial charge in [-0.3, -0.25) is 0 Å². The zero-order chi connectivity index (χ0) is 13.2. The molecule has 1 saturated heterocycles. The maximum Gasteiger partial charge on any atom is 0.175 e. The quantitative estimate of drug-likeness (QED) is 0.897. The third kappa shape index (κ3) is 2.84. The molecule has 1 atom stereocenters. The summed E-state index contributed by atoms with van der Waals surface area (Å²) in [6.07, 6.45) is 2.32. The Labute approximate surface area is 109 Å². The van der Waals surface area contributed by atoms with E-state index in [2.05, 4.69) is 17.1 Å². The Morgan fingerprint density at radius 2 is 2.00 bits per heavy atom. The topological polar surface area (TPSA) is 49.4 Å². The third-order valence-electron chi connectivity index (χ3n) is 3.42. The highest BCUT2D eigenvalue weighted by Crippen LogP contribution is 2.22. The van der Waals surface area contributed by atoms with Crippen LogP contribution in [0.3, 0.4) is 0 Å². The molecule has 1 fully saturated rings. The summed E-state index contributed by atoms with van der Waals surface area (Å²) < 4.78 is 22.8. The number of hydrogen-bond acceptors (Lipinski definition) is 4. The Morgan fingerprint density at radius 3 is 2.56 bits per heavy atom. The highest BCUT2D eigenvalue weighted by molar-refractivity contribution is 7.90. The normalized spacial score (nSPS) is 21.0. The lowest BCUT2D eigenvalue weighted by Crippen LogP contribution is -2.51. The zero-order valence-corrected chi connectivity index (χ0v) is 11.7. The van der Waals surface area contributed by atoms with Crippen LogP contribution in [0.5, 0.6) is 0 Å². The number of nitrogens with one attached hydrogen (secondary N) is 1. The first kappa shape index (κ1) is 13.4. The van der Waals surface area contributed by atoms with Crippen LogP contribution in [0.1, 0.15) is 13.3 Å². The first-order valence-electron chi connectivity index (χ1n) is 6.30. The monoisotopic (exact) mass is 268 g/mol. The minimum Gasteiger partial charge on any atom is -0.366 e. The van der Waals surface area contributed by atoms with E-state index in [0.29, 0.717) is 10.9 Å². The number of piperazine rings is 1. The van der Waals surface area contributed by atoms with Gasteiger partial charge in [0.15, 0.2) is 9.84 Å². The molecule has 1 heterocycles. The van der Waals surface area contributed by atoms with Gasteiger partial charge in [0.1, 0.15) is 0 Å². The second kappa shape index (κ2) is 5.28. The molecule has 1 aliphatic heterocycles. The highest BCUT2D eigenvalue weighted by Gasteiger charge is 2.20. The van der Waals surface area contributed by atoms with E-state index in [0.717, 1.165) is 31.7 Å². The van der Waals surface area contributed by atoms with Crippen molar-refractivity contribution in [2.75, 3.05) is 30.8 Å². The van der Waals surface area contributed by atoms with Crippen LogP contribution in [-0.2, 0) is 9.84 Å². The standard InChI is InChI=1S/C13H20N2O2S/c1-3-11-10-14-8-9-15(11)12-4-6-13(7-5-12)18(2,16)17/h4-7,11,14H,3,8-10H2,1-2H3. The van der Waals surface area contributed by atoms with Gasteiger partial charge in [0.2, 0.25) is 0 Å². The summed E-state index contributed by atoms with van der Waals surface area (Å²) in [6.45, 7) is 5.11. The number of sulfone groups is 1. The summed E-state index contributed by atoms with van der Waals surface area (Å²) in [6, 6.07) is 7.69. The first-order chi connectivity index (χ1) is 8.52. The Kier molecular flexibility index (Phi) is 3.92. The number of benzene rings is 1. The van der Waals surface area contributed by atoms with Crippen LogP contribution in [0.2, 0.25) is 0 Å². The Bertz CT molecular complexity index is 496. The van der Waals surface area contributed by atoms with Crippen molar-refractivity contribution in [1.29, 1.82) is 0 Å². The molecule has 1 aromatic carbocycles. The summed E-state index contributed by atoms with van der Waals surface area (Å²) in [4.78, 5) is 2.73. The maximum absolute atomic E-state index is 11.4. The van der Waals surface area contributed by atoms with Crippen molar-refractivity contribution >= 4 is 15.5 Å². The summed E-state index contributed by atoms with van der Waals surface area (Å²) in [5, 5.41) is 3.38. The highest BCUT2D eigenvalue weighted by atomic mass is 32.2. The molecule has 0 amide bonds. The van der Waals surface area contributed by atoms with Crippen molar-refractivity contribution < 1.29 is 8.42 Å². The summed E-state index contributed by atoms with van der Waals surface area (Å²) in [5.41, 5.74) is 1.11. The van der Waals surface area contributed by atoms with E-state index >= 15 is 0 Å². The van der Waals surface area contributed by atoms with Crippen molar-refractivity contribution in [3.8, 4) is 0 Å². The zero-order valence-electron chi connectivity index (χ0n) is 10.9. The number of rotatable bonds is 3. The summed E-state index contributed by atoms with van der Waals surface area (Å²) >= 11 is 0. The van der Waals surface area contributed by atoms with Crippen molar-refractivity contribution in [3.05, 3.63) is 24.3 Å². The fourth-order valence-electron chi connectivity index (χ4n) is 2.35. The molecule has 5 heteroatoms. The molecule has 4 nitrogen and oxygen atoms in total. The van der Waals surface area contributed by atoms with E-state index in [9.17, 15) is 8.42 Å². The molecule has 0 aliphatic carbocycles. The lowest BCUT2D eigenvalue weighted by molar-refractivity contribution is 0.466. The van der Waals surface area contributed by atoms with Gasteiger partial charge in [-0.05, 0) is 30.7 Å². The van der Waals surface area contributed by atoms with Crippen LogP contribution in [-0.4, -0.2) is 40.3 Å². The fraction of sp³-hybridized carbons (Fsp3) is 0.538. The van der Waals surface area contributed by atoms with Crippen molar-refractivity contribution in [2.45, 2.75) is 24.3 Å². The second-order valence-corrected chi connectivity index (χ2v) is 6.74. The molecule has 1 N–H and O–H groups in total. The van der Waals surface area contributed by atoms with Crippen molar-refractivity contribution in [2.24, 2.45) is 0 Å². The second-order valence-electron chi connectivity index (χ2n) is 4.73. The van der Waals surface area contributed by atoms with Crippen LogP contribution in [0.15, 0.2) is 29.2 Å². The van der Waals surface area contributed by atoms with Gasteiger partial charge in [-0.2, -0.15) is 0 Å². The predicted octanol–water partition coefficient (Wildman–Crippen LogP) is 1.28. The largest absolute Gasteiger partial charge is 0.366 e. The molecule has 0 spiro atoms. The predicted molar refractivity (Wildman–Crippen MR) is 73.8 cm³/mol. The number of nitrogens with zero attached hydrogens (tertiary/aromatic N) is 1. The molecular weight excluding hydrogens is 248 g/mol. The van der Waals surface area contributed by atoms with Gasteiger partial charge in [0.05, 0.1) is 4.90 Å². The van der Waals surface area contributed by atoms with Crippen LogP contribution in [0, 0.1) is 0 Å². The fourth-order valence-corrected chi connectivity index (χ4v) is 2.98. The van der Waals surface area contributed by atoms with Crippen LogP contribution in [0.4, 0.5) is 5.69 Å². The molecule has 2 rings (SSSR count). The molecule has 0 saturated carbocycles. The van der Waals surface area contributed by atoms with E-state index in [-0.39, 0.29) is 0 Å². The molecule has 1 aromatic rings. The molecular formula is C13H20N2O2S. The molecule has 18 heavy (non-hydrogen) atoms. The van der Waals surface area contributed by atoms with Crippen LogP contribution < -0.4 is 10.2 Å². The molecule has 0 radical (unpaired) electrons. The van der Waals surface area contributed by atoms with E-state index < -0.39 is 9.84 Å². The Balaban J connectivity index is 2.23. The molecule has 1 aliphatic rings. The lowest BCUT2D eigenvalue weighted by atomic mass is 10.1. The smallest absolute Gasteiger partial charge is 0.175 e. The van der Waals surface area contributed by atoms with Gasteiger partial charge < -0.3 is 10.2 Å². The van der Waals surface area contributed by atoms with Crippen LogP contribution >= 0.6 is 0 Å². The Morgan fingerprint density at radius 1 is 1.33 bits per heavy atom. The van der Waals surface area contributed by atoms with Gasteiger partial charge in [-0.25, -0.2) is 8.42 Å². The minimum atomic E-state index is -3.10. The van der Waals surface area contributed by atoms with Crippen LogP contribution in [0.25, 0.3) is 0 Å². The molecule has 100 valence electrons. The maximum atomic E-state index is 11.4. The molecule has 0 bridgehead atoms. The number of anilines is 1. The average Bonchev–Trinajstić information content (AvgIpc) is 2.38. The molecule has 1 unspecified atom stereocenters. The summed E-state index contributed by atoms with van der Waals surface area (Å²) in [5.74, 6) is 0. The average molecular weight is 268 g/mol. The summed E-state index contributed by atoms with van der Waals surface area (Å²) in [7, 11) is -3.10. The van der Waals surface area contributed by atoms with Gasteiger partial charge in [0, 0.05) is 37.6 Å². The SMILES string of the molecule is CCC1CNCCN1c1ccc(S(C)(=O)=O)cc1. The van der Waals surface area contributed by atoms with E-state index in [1.165, 1.54) is 6.26 Å². The Hall–Kier alpha value is -1.07. The van der Waals surface area contributed by atoms with E-state index in [1.807, 2.05) is 12.1 Å². The van der Waals surface area contributed by atoms with E-state index in [1.54, 1.807) is 12.1 Å². The molecule has 0 aromatic heterocycles. The van der Waals surface area contributed by atoms with Gasteiger partial charge in [0.25, 0.3) is 0 Å².